The summed E-state index contributed by atoms with van der Waals surface area (Å²) in [6.07, 6.45) is 9.66. The number of nitrogens with zero attached hydrogens (tertiary/aromatic N) is 5. The summed E-state index contributed by atoms with van der Waals surface area (Å²) in [6, 6.07) is 6.33. The zero-order valence-electron chi connectivity index (χ0n) is 21.7. The first kappa shape index (κ1) is 24.4. The Morgan fingerprint density at radius 3 is 2.69 bits per heavy atom. The Morgan fingerprint density at radius 2 is 2.00 bits per heavy atom. The number of rotatable bonds is 7. The van der Waals surface area contributed by atoms with E-state index in [0.29, 0.717) is 23.9 Å². The monoisotopic (exact) mass is 488 g/mol. The van der Waals surface area contributed by atoms with E-state index >= 15 is 0 Å². The first-order valence-electron chi connectivity index (χ1n) is 13.0. The molecule has 8 heteroatoms. The van der Waals surface area contributed by atoms with Crippen molar-refractivity contribution >= 4 is 22.6 Å². The molecule has 0 bridgehead atoms. The molecule has 0 saturated heterocycles. The summed E-state index contributed by atoms with van der Waals surface area (Å²) in [5, 5.41) is 14.2. The van der Waals surface area contributed by atoms with Gasteiger partial charge in [-0.15, -0.1) is 0 Å². The number of fused-ring (bicyclic) bond motifs is 2. The molecule has 36 heavy (non-hydrogen) atoms. The molecule has 1 amide bonds. The van der Waals surface area contributed by atoms with E-state index in [-0.39, 0.29) is 18.4 Å². The van der Waals surface area contributed by atoms with Crippen molar-refractivity contribution < 1.29 is 9.90 Å². The molecule has 1 fully saturated rings. The van der Waals surface area contributed by atoms with Crippen LogP contribution in [0, 0.1) is 5.92 Å². The van der Waals surface area contributed by atoms with Crippen LogP contribution in [0.1, 0.15) is 81.0 Å². The summed E-state index contributed by atoms with van der Waals surface area (Å²) < 4.78 is 1.72. The van der Waals surface area contributed by atoms with Crippen LogP contribution in [0.3, 0.4) is 0 Å². The zero-order valence-corrected chi connectivity index (χ0v) is 21.7. The highest BCUT2D eigenvalue weighted by atomic mass is 16.3. The molecule has 1 aliphatic rings. The number of aliphatic hydroxyl groups excluding tert-OH is 1. The predicted octanol–water partition coefficient (Wildman–Crippen LogP) is 5.03. The number of aliphatic hydroxyl groups is 1. The Balaban J connectivity index is 1.42. The molecule has 5 rings (SSSR count). The molecule has 2 N–H and O–H groups in total. The number of H-pyrrole nitrogens is 1. The highest BCUT2D eigenvalue weighted by Gasteiger charge is 2.26. The van der Waals surface area contributed by atoms with E-state index in [2.05, 4.69) is 41.0 Å². The molecule has 1 aliphatic carbocycles. The van der Waals surface area contributed by atoms with Crippen LogP contribution < -0.4 is 0 Å². The van der Waals surface area contributed by atoms with Crippen LogP contribution in [0.5, 0.6) is 0 Å². The molecule has 4 heterocycles. The van der Waals surface area contributed by atoms with Crippen LogP contribution in [0.2, 0.25) is 0 Å². The molecule has 1 saturated carbocycles. The number of aromatic amines is 1. The third-order valence-electron chi connectivity index (χ3n) is 7.72. The van der Waals surface area contributed by atoms with Crippen molar-refractivity contribution in [2.45, 2.75) is 70.8 Å². The average Bonchev–Trinajstić information content (AvgIpc) is 3.51. The Kier molecular flexibility index (Phi) is 6.79. The van der Waals surface area contributed by atoms with Gasteiger partial charge in [0, 0.05) is 55.0 Å². The SMILES string of the molecule is CC(C)c1c(-c2cc(CO)c3ncnn3c2)[nH]c2ccc(C3CCC(CCC(=O)N(C)C)CC3)nc12. The maximum atomic E-state index is 12.0. The van der Waals surface area contributed by atoms with Crippen LogP contribution in [0.15, 0.2) is 30.7 Å². The molecular weight excluding hydrogens is 452 g/mol. The molecule has 190 valence electrons. The average molecular weight is 489 g/mol. The van der Waals surface area contributed by atoms with Gasteiger partial charge in [0.25, 0.3) is 0 Å². The van der Waals surface area contributed by atoms with Crippen molar-refractivity contribution in [3.05, 3.63) is 47.5 Å². The quantitative estimate of drug-likeness (QED) is 0.380. The number of carbonyl (C=O) groups excluding carboxylic acids is 1. The largest absolute Gasteiger partial charge is 0.392 e. The zero-order chi connectivity index (χ0) is 25.4. The molecule has 4 aromatic rings. The minimum absolute atomic E-state index is 0.0956. The highest BCUT2D eigenvalue weighted by molar-refractivity contribution is 5.88. The summed E-state index contributed by atoms with van der Waals surface area (Å²) in [6.45, 7) is 4.30. The number of hydrogen-bond donors (Lipinski definition) is 2. The van der Waals surface area contributed by atoms with Crippen LogP contribution in [-0.4, -0.2) is 54.6 Å². The first-order valence-corrected chi connectivity index (χ1v) is 13.0. The van der Waals surface area contributed by atoms with Crippen LogP contribution in [0.4, 0.5) is 0 Å². The van der Waals surface area contributed by atoms with Gasteiger partial charge >= 0.3 is 0 Å². The van der Waals surface area contributed by atoms with E-state index < -0.39 is 0 Å². The van der Waals surface area contributed by atoms with Gasteiger partial charge in [-0.25, -0.2) is 9.50 Å². The minimum Gasteiger partial charge on any atom is -0.392 e. The Hall–Kier alpha value is -3.26. The molecule has 0 aromatic carbocycles. The fourth-order valence-electron chi connectivity index (χ4n) is 5.66. The molecule has 0 spiro atoms. The van der Waals surface area contributed by atoms with Gasteiger partial charge in [-0.2, -0.15) is 5.10 Å². The van der Waals surface area contributed by atoms with Crippen molar-refractivity contribution in [2.24, 2.45) is 5.92 Å². The molecular formula is C28H36N6O2. The van der Waals surface area contributed by atoms with E-state index in [1.165, 1.54) is 17.6 Å². The standard InChI is InChI=1S/C28H36N6O2/c1-17(2)25-26(20-13-21(15-35)28-29-16-30-34(28)14-20)32-23-11-10-22(31-27(23)25)19-8-5-18(6-9-19)7-12-24(36)33(3)4/h10-11,13-14,16-19,32,35H,5-9,12,15H2,1-4H3. The number of pyridine rings is 2. The van der Waals surface area contributed by atoms with Crippen LogP contribution in [0.25, 0.3) is 27.9 Å². The lowest BCUT2D eigenvalue weighted by molar-refractivity contribution is -0.129. The van der Waals surface area contributed by atoms with Crippen molar-refractivity contribution in [1.82, 2.24) is 29.5 Å². The van der Waals surface area contributed by atoms with Crippen LogP contribution >= 0.6 is 0 Å². The van der Waals surface area contributed by atoms with Gasteiger partial charge in [-0.05, 0) is 62.1 Å². The number of carbonyl (C=O) groups is 1. The lowest BCUT2D eigenvalue weighted by atomic mass is 9.78. The van der Waals surface area contributed by atoms with E-state index in [1.807, 2.05) is 26.4 Å². The van der Waals surface area contributed by atoms with Gasteiger partial charge in [0.1, 0.15) is 6.33 Å². The normalized spacial score (nSPS) is 18.4. The topological polar surface area (TPSA) is 99.4 Å². The van der Waals surface area contributed by atoms with Crippen molar-refractivity contribution in [3.63, 3.8) is 0 Å². The third-order valence-corrected chi connectivity index (χ3v) is 7.72. The predicted molar refractivity (Wildman–Crippen MR) is 141 cm³/mol. The minimum atomic E-state index is -0.0956. The van der Waals surface area contributed by atoms with Gasteiger partial charge in [0.05, 0.1) is 23.3 Å². The Morgan fingerprint density at radius 1 is 1.22 bits per heavy atom. The molecule has 4 aromatic heterocycles. The Labute approximate surface area is 211 Å². The molecule has 0 radical (unpaired) electrons. The third kappa shape index (κ3) is 4.62. The summed E-state index contributed by atoms with van der Waals surface area (Å²) in [4.78, 5) is 26.7. The maximum Gasteiger partial charge on any atom is 0.222 e. The van der Waals surface area contributed by atoms with Gasteiger partial charge in [-0.3, -0.25) is 9.78 Å². The molecule has 0 unspecified atom stereocenters. The summed E-state index contributed by atoms with van der Waals surface area (Å²) in [5.41, 5.74) is 7.81. The second kappa shape index (κ2) is 10.0. The maximum absolute atomic E-state index is 12.0. The smallest absolute Gasteiger partial charge is 0.222 e. The van der Waals surface area contributed by atoms with Crippen LogP contribution in [-0.2, 0) is 11.4 Å². The van der Waals surface area contributed by atoms with E-state index in [4.69, 9.17) is 4.98 Å². The van der Waals surface area contributed by atoms with E-state index in [9.17, 15) is 9.90 Å². The van der Waals surface area contributed by atoms with Gasteiger partial charge in [-0.1, -0.05) is 13.8 Å². The second-order valence-electron chi connectivity index (χ2n) is 10.7. The van der Waals surface area contributed by atoms with Gasteiger partial charge in [0.15, 0.2) is 5.65 Å². The number of nitrogens with one attached hydrogen (secondary N) is 1. The number of amides is 1. The van der Waals surface area contributed by atoms with Gasteiger partial charge in [0.2, 0.25) is 5.91 Å². The van der Waals surface area contributed by atoms with Gasteiger partial charge < -0.3 is 15.0 Å². The first-order chi connectivity index (χ1) is 17.4. The summed E-state index contributed by atoms with van der Waals surface area (Å²) in [7, 11) is 3.66. The lowest BCUT2D eigenvalue weighted by Crippen LogP contribution is -2.23. The lowest BCUT2D eigenvalue weighted by Gasteiger charge is -2.28. The van der Waals surface area contributed by atoms with Crippen molar-refractivity contribution in [3.8, 4) is 11.3 Å². The molecule has 0 atom stereocenters. The molecule has 8 nitrogen and oxygen atoms in total. The van der Waals surface area contributed by atoms with Crippen molar-refractivity contribution in [2.75, 3.05) is 14.1 Å². The van der Waals surface area contributed by atoms with E-state index in [1.54, 1.807) is 9.42 Å². The van der Waals surface area contributed by atoms with E-state index in [0.717, 1.165) is 60.0 Å². The fraction of sp³-hybridized carbons (Fsp3) is 0.500. The number of aromatic nitrogens is 5. The highest BCUT2D eigenvalue weighted by Crippen LogP contribution is 2.40. The summed E-state index contributed by atoms with van der Waals surface area (Å²) >= 11 is 0. The fourth-order valence-corrected chi connectivity index (χ4v) is 5.66. The number of hydrogen-bond acceptors (Lipinski definition) is 5. The Bertz CT molecular complexity index is 1380. The summed E-state index contributed by atoms with van der Waals surface area (Å²) in [5.74, 6) is 1.58. The second-order valence-corrected chi connectivity index (χ2v) is 10.7. The van der Waals surface area contributed by atoms with Crippen molar-refractivity contribution in [1.29, 1.82) is 0 Å². The molecule has 0 aliphatic heterocycles.